The van der Waals surface area contributed by atoms with Gasteiger partial charge >= 0.3 is 0 Å². The Balaban J connectivity index is 1.13. The average molecular weight is 455 g/mol. The number of amides is 2. The molecule has 5 fully saturated rings. The topological polar surface area (TPSA) is 67.9 Å². The third kappa shape index (κ3) is 4.33. The highest BCUT2D eigenvalue weighted by molar-refractivity contribution is 5.83. The number of carbonyl (C=O) groups is 2. The molecule has 1 saturated heterocycles. The molecule has 5 aliphatic rings. The summed E-state index contributed by atoms with van der Waals surface area (Å²) in [6, 6.07) is 5.87. The van der Waals surface area contributed by atoms with Gasteiger partial charge in [-0.1, -0.05) is 0 Å². The summed E-state index contributed by atoms with van der Waals surface area (Å²) in [5, 5.41) is 3.22. The van der Waals surface area contributed by atoms with Crippen LogP contribution < -0.4 is 14.8 Å². The Kier molecular flexibility index (Phi) is 6.28. The van der Waals surface area contributed by atoms with Crippen LogP contribution in [0.2, 0.25) is 0 Å². The van der Waals surface area contributed by atoms with Crippen LogP contribution in [0.1, 0.15) is 75.8 Å². The standard InChI is InChI=1S/C27H38N2O4/c1-32-21-7-8-22(24(14-21)33-2)23-5-4-10-29(23)25(30)6-3-9-28-26(31)27-15-18-11-19(16-27)13-20(12-18)17-27/h7-8,14,18-20,23H,3-6,9-13,15-17H2,1-2H3,(H,28,31)/t18?,19?,20?,23-,27?/m1/s1. The second kappa shape index (κ2) is 9.19. The number of carbonyl (C=O) groups excluding carboxylic acids is 2. The molecule has 2 amide bonds. The lowest BCUT2D eigenvalue weighted by Crippen LogP contribution is -2.53. The summed E-state index contributed by atoms with van der Waals surface area (Å²) < 4.78 is 10.9. The average Bonchev–Trinajstić information content (AvgIpc) is 3.30. The van der Waals surface area contributed by atoms with E-state index < -0.39 is 0 Å². The highest BCUT2D eigenvalue weighted by atomic mass is 16.5. The molecule has 0 spiro atoms. The van der Waals surface area contributed by atoms with Crippen molar-refractivity contribution in [1.29, 1.82) is 0 Å². The maximum Gasteiger partial charge on any atom is 0.226 e. The van der Waals surface area contributed by atoms with Gasteiger partial charge in [-0.25, -0.2) is 0 Å². The highest BCUT2D eigenvalue weighted by Crippen LogP contribution is 2.60. The first-order chi connectivity index (χ1) is 16.0. The van der Waals surface area contributed by atoms with E-state index in [1.807, 2.05) is 23.1 Å². The second-order valence-electron chi connectivity index (χ2n) is 10.9. The van der Waals surface area contributed by atoms with E-state index in [1.165, 1.54) is 19.3 Å². The molecule has 180 valence electrons. The summed E-state index contributed by atoms with van der Waals surface area (Å²) in [5.41, 5.74) is 0.934. The van der Waals surface area contributed by atoms with Gasteiger partial charge in [-0.3, -0.25) is 9.59 Å². The van der Waals surface area contributed by atoms with Crippen LogP contribution in [0.25, 0.3) is 0 Å². The van der Waals surface area contributed by atoms with E-state index in [1.54, 1.807) is 14.2 Å². The minimum absolute atomic E-state index is 0.0416. The van der Waals surface area contributed by atoms with Crippen molar-refractivity contribution in [1.82, 2.24) is 10.2 Å². The molecule has 0 aromatic heterocycles. The van der Waals surface area contributed by atoms with Crippen LogP contribution in [-0.4, -0.2) is 44.0 Å². The first-order valence-electron chi connectivity index (χ1n) is 12.8. The van der Waals surface area contributed by atoms with E-state index in [-0.39, 0.29) is 23.3 Å². The number of nitrogens with zero attached hydrogens (tertiary/aromatic N) is 1. The van der Waals surface area contributed by atoms with Crippen LogP contribution >= 0.6 is 0 Å². The highest BCUT2D eigenvalue weighted by Gasteiger charge is 2.54. The van der Waals surface area contributed by atoms with Crippen molar-refractivity contribution in [2.45, 2.75) is 70.3 Å². The second-order valence-corrected chi connectivity index (χ2v) is 10.9. The summed E-state index contributed by atoms with van der Waals surface area (Å²) in [6.45, 7) is 1.37. The minimum Gasteiger partial charge on any atom is -0.497 e. The molecule has 0 radical (unpaired) electrons. The number of hydrogen-bond donors (Lipinski definition) is 1. The molecule has 4 aliphatic carbocycles. The van der Waals surface area contributed by atoms with Gasteiger partial charge in [-0.05, 0) is 87.7 Å². The fraction of sp³-hybridized carbons (Fsp3) is 0.704. The lowest BCUT2D eigenvalue weighted by atomic mass is 9.49. The van der Waals surface area contributed by atoms with Crippen LogP contribution in [0.3, 0.4) is 0 Å². The van der Waals surface area contributed by atoms with Gasteiger partial charge < -0.3 is 19.7 Å². The lowest BCUT2D eigenvalue weighted by molar-refractivity contribution is -0.146. The Labute approximate surface area is 197 Å². The van der Waals surface area contributed by atoms with Crippen molar-refractivity contribution in [3.8, 4) is 11.5 Å². The van der Waals surface area contributed by atoms with E-state index in [9.17, 15) is 9.59 Å². The summed E-state index contributed by atoms with van der Waals surface area (Å²) in [7, 11) is 3.30. The number of nitrogens with one attached hydrogen (secondary N) is 1. The van der Waals surface area contributed by atoms with Crippen LogP contribution in [-0.2, 0) is 9.59 Å². The number of hydrogen-bond acceptors (Lipinski definition) is 4. The van der Waals surface area contributed by atoms with Crippen LogP contribution in [0.5, 0.6) is 11.5 Å². The van der Waals surface area contributed by atoms with E-state index in [0.717, 1.165) is 73.5 Å². The Morgan fingerprint density at radius 1 is 1.06 bits per heavy atom. The van der Waals surface area contributed by atoms with Crippen molar-refractivity contribution < 1.29 is 19.1 Å². The molecule has 6 nitrogen and oxygen atoms in total. The van der Waals surface area contributed by atoms with Crippen LogP contribution in [0, 0.1) is 23.2 Å². The van der Waals surface area contributed by atoms with Gasteiger partial charge in [-0.2, -0.15) is 0 Å². The SMILES string of the molecule is COc1ccc([C@H]2CCCN2C(=O)CCCNC(=O)C23CC4CC(CC(C4)C2)C3)c(OC)c1. The largest absolute Gasteiger partial charge is 0.497 e. The summed E-state index contributed by atoms with van der Waals surface area (Å²) in [4.78, 5) is 28.2. The van der Waals surface area contributed by atoms with Crippen molar-refractivity contribution in [2.24, 2.45) is 23.2 Å². The van der Waals surface area contributed by atoms with E-state index in [4.69, 9.17) is 9.47 Å². The molecular weight excluding hydrogens is 416 g/mol. The number of ether oxygens (including phenoxy) is 2. The molecule has 6 rings (SSSR count). The minimum atomic E-state index is -0.107. The third-order valence-corrected chi connectivity index (χ3v) is 8.75. The molecule has 0 unspecified atom stereocenters. The number of benzene rings is 1. The molecule has 1 aromatic rings. The fourth-order valence-corrected chi connectivity index (χ4v) is 7.64. The van der Waals surface area contributed by atoms with Crippen molar-refractivity contribution >= 4 is 11.8 Å². The van der Waals surface area contributed by atoms with Crippen molar-refractivity contribution in [3.05, 3.63) is 23.8 Å². The summed E-state index contributed by atoms with van der Waals surface area (Å²) >= 11 is 0. The van der Waals surface area contributed by atoms with Gasteiger partial charge in [0.1, 0.15) is 11.5 Å². The van der Waals surface area contributed by atoms with Gasteiger partial charge in [0.05, 0.1) is 20.3 Å². The van der Waals surface area contributed by atoms with Crippen molar-refractivity contribution in [3.63, 3.8) is 0 Å². The first kappa shape index (κ1) is 22.5. The Hall–Kier alpha value is -2.24. The van der Waals surface area contributed by atoms with E-state index >= 15 is 0 Å². The molecule has 1 heterocycles. The molecular formula is C27H38N2O4. The predicted molar refractivity (Wildman–Crippen MR) is 126 cm³/mol. The normalized spacial score (nSPS) is 32.1. The van der Waals surface area contributed by atoms with Crippen LogP contribution in [0.4, 0.5) is 0 Å². The monoisotopic (exact) mass is 454 g/mol. The fourth-order valence-electron chi connectivity index (χ4n) is 7.64. The third-order valence-electron chi connectivity index (χ3n) is 8.75. The van der Waals surface area contributed by atoms with Crippen LogP contribution in [0.15, 0.2) is 18.2 Å². The number of methoxy groups -OCH3 is 2. The van der Waals surface area contributed by atoms with Gasteiger partial charge in [0.25, 0.3) is 0 Å². The molecule has 33 heavy (non-hydrogen) atoms. The molecule has 4 saturated carbocycles. The maximum absolute atomic E-state index is 13.1. The zero-order valence-corrected chi connectivity index (χ0v) is 20.1. The van der Waals surface area contributed by atoms with E-state index in [0.29, 0.717) is 19.4 Å². The zero-order chi connectivity index (χ0) is 23.0. The molecule has 4 bridgehead atoms. The Bertz CT molecular complexity index is 863. The van der Waals surface area contributed by atoms with E-state index in [2.05, 4.69) is 5.32 Å². The summed E-state index contributed by atoms with van der Waals surface area (Å²) in [6.07, 6.45) is 10.4. The zero-order valence-electron chi connectivity index (χ0n) is 20.1. The summed E-state index contributed by atoms with van der Waals surface area (Å²) in [5.74, 6) is 4.25. The molecule has 6 heteroatoms. The molecule has 1 atom stereocenters. The van der Waals surface area contributed by atoms with Crippen molar-refractivity contribution in [2.75, 3.05) is 27.3 Å². The predicted octanol–water partition coefficient (Wildman–Crippen LogP) is 4.48. The molecule has 1 aliphatic heterocycles. The molecule has 1 aromatic carbocycles. The molecule has 1 N–H and O–H groups in total. The van der Waals surface area contributed by atoms with Gasteiger partial charge in [0, 0.05) is 36.6 Å². The van der Waals surface area contributed by atoms with Gasteiger partial charge in [0.15, 0.2) is 0 Å². The van der Waals surface area contributed by atoms with Gasteiger partial charge in [-0.15, -0.1) is 0 Å². The maximum atomic E-state index is 13.1. The Morgan fingerprint density at radius 2 is 1.76 bits per heavy atom. The Morgan fingerprint density at radius 3 is 2.39 bits per heavy atom. The quantitative estimate of drug-likeness (QED) is 0.588. The lowest BCUT2D eigenvalue weighted by Gasteiger charge is -2.55. The number of likely N-dealkylation sites (tertiary alicyclic amines) is 1. The first-order valence-corrected chi connectivity index (χ1v) is 12.8. The number of rotatable bonds is 8. The van der Waals surface area contributed by atoms with Gasteiger partial charge in [0.2, 0.25) is 11.8 Å². The smallest absolute Gasteiger partial charge is 0.226 e.